The van der Waals surface area contributed by atoms with Crippen molar-refractivity contribution >= 4 is 23.2 Å². The Kier molecular flexibility index (Phi) is 4.44. The van der Waals surface area contributed by atoms with E-state index in [2.05, 4.69) is 31.0 Å². The second-order valence-corrected chi connectivity index (χ2v) is 7.11. The third-order valence-electron chi connectivity index (χ3n) is 4.89. The minimum atomic E-state index is -0.456. The molecule has 30 heavy (non-hydrogen) atoms. The minimum absolute atomic E-state index is 0.354. The van der Waals surface area contributed by atoms with Gasteiger partial charge in [0.05, 0.1) is 12.3 Å². The molecule has 2 aromatic carbocycles. The molecule has 9 nitrogen and oxygen atoms in total. The molecule has 4 aromatic rings. The number of ether oxygens (including phenoxy) is 1. The first kappa shape index (κ1) is 18.3. The Hall–Kier alpha value is -3.72. The molecule has 0 fully saturated rings. The summed E-state index contributed by atoms with van der Waals surface area (Å²) >= 11 is 6.05. The first-order valence-corrected chi connectivity index (χ1v) is 9.69. The summed E-state index contributed by atoms with van der Waals surface area (Å²) in [6.45, 7) is 2.51. The summed E-state index contributed by atoms with van der Waals surface area (Å²) in [4.78, 5) is 12.6. The number of hydrogen-bond acceptors (Lipinski definition) is 7. The highest BCUT2D eigenvalue weighted by Crippen LogP contribution is 2.41. The summed E-state index contributed by atoms with van der Waals surface area (Å²) in [6.07, 6.45) is 0. The van der Waals surface area contributed by atoms with Crippen LogP contribution in [0.4, 0.5) is 11.6 Å². The van der Waals surface area contributed by atoms with E-state index in [1.165, 1.54) is 0 Å². The molecule has 10 heteroatoms. The Morgan fingerprint density at radius 3 is 2.63 bits per heavy atom. The summed E-state index contributed by atoms with van der Waals surface area (Å²) in [5.74, 6) is 1.13. The third-order valence-corrected chi connectivity index (χ3v) is 5.14. The predicted molar refractivity (Wildman–Crippen MR) is 111 cm³/mol. The monoisotopic (exact) mass is 421 g/mol. The number of hydrogen-bond donors (Lipinski definition) is 2. The maximum atomic E-state index is 12.6. The van der Waals surface area contributed by atoms with Gasteiger partial charge in [0.1, 0.15) is 17.5 Å². The minimum Gasteiger partial charge on any atom is -0.494 e. The van der Waals surface area contributed by atoms with Gasteiger partial charge in [0.15, 0.2) is 0 Å². The van der Waals surface area contributed by atoms with Gasteiger partial charge in [0, 0.05) is 16.1 Å². The highest BCUT2D eigenvalue weighted by atomic mass is 35.5. The first-order valence-electron chi connectivity index (χ1n) is 9.32. The second kappa shape index (κ2) is 7.27. The summed E-state index contributed by atoms with van der Waals surface area (Å²) in [5, 5.41) is 22.5. The molecule has 0 aliphatic carbocycles. The van der Waals surface area contributed by atoms with Crippen LogP contribution in [0.3, 0.4) is 0 Å². The second-order valence-electron chi connectivity index (χ2n) is 6.67. The number of H-pyrrole nitrogens is 1. The van der Waals surface area contributed by atoms with Crippen molar-refractivity contribution in [2.75, 3.05) is 11.9 Å². The van der Waals surface area contributed by atoms with Gasteiger partial charge in [-0.2, -0.15) is 9.78 Å². The quantitative estimate of drug-likeness (QED) is 0.458. The van der Waals surface area contributed by atoms with Crippen LogP contribution >= 0.6 is 11.6 Å². The summed E-state index contributed by atoms with van der Waals surface area (Å²) < 4.78 is 7.19. The molecule has 2 aromatic heterocycles. The van der Waals surface area contributed by atoms with Gasteiger partial charge in [-0.15, -0.1) is 0 Å². The Morgan fingerprint density at radius 2 is 1.90 bits per heavy atom. The topological polar surface area (TPSA) is 111 Å². The number of fused-ring (bicyclic) bond motifs is 2. The van der Waals surface area contributed by atoms with E-state index in [0.717, 1.165) is 16.9 Å². The smallest absolute Gasteiger partial charge is 0.288 e. The van der Waals surface area contributed by atoms with Crippen molar-refractivity contribution < 1.29 is 4.74 Å². The average molecular weight is 422 g/mol. The molecule has 0 saturated carbocycles. The van der Waals surface area contributed by atoms with Gasteiger partial charge in [0.25, 0.3) is 5.56 Å². The first-order chi connectivity index (χ1) is 14.7. The van der Waals surface area contributed by atoms with Crippen molar-refractivity contribution in [1.82, 2.24) is 30.4 Å². The fourth-order valence-electron chi connectivity index (χ4n) is 3.59. The zero-order valence-electron chi connectivity index (χ0n) is 15.8. The predicted octanol–water partition coefficient (Wildman–Crippen LogP) is 3.17. The molecule has 2 N–H and O–H groups in total. The van der Waals surface area contributed by atoms with E-state index >= 15 is 0 Å². The Bertz CT molecular complexity index is 1270. The van der Waals surface area contributed by atoms with E-state index in [-0.39, 0.29) is 5.56 Å². The molecule has 1 unspecified atom stereocenters. The van der Waals surface area contributed by atoms with Gasteiger partial charge in [-0.1, -0.05) is 41.0 Å². The van der Waals surface area contributed by atoms with Crippen LogP contribution in [-0.2, 0) is 0 Å². The SMILES string of the molecule is CCOc1ccc(C2c3c(-c4ccc(Cl)cc4)n[nH]c(=O)c3Nc3nnnn32)cc1. The molecular weight excluding hydrogens is 406 g/mol. The van der Waals surface area contributed by atoms with Crippen molar-refractivity contribution in [1.29, 1.82) is 0 Å². The molecule has 0 bridgehead atoms. The van der Waals surface area contributed by atoms with E-state index in [4.69, 9.17) is 16.3 Å². The summed E-state index contributed by atoms with van der Waals surface area (Å²) in [7, 11) is 0. The van der Waals surface area contributed by atoms with E-state index in [0.29, 0.717) is 34.5 Å². The molecule has 3 heterocycles. The number of rotatable bonds is 4. The Labute approximate surface area is 175 Å². The number of halogens is 1. The van der Waals surface area contributed by atoms with Crippen LogP contribution in [0.1, 0.15) is 24.1 Å². The lowest BCUT2D eigenvalue weighted by Gasteiger charge is -2.27. The molecule has 0 amide bonds. The van der Waals surface area contributed by atoms with Gasteiger partial charge in [-0.3, -0.25) is 4.79 Å². The zero-order valence-corrected chi connectivity index (χ0v) is 16.6. The van der Waals surface area contributed by atoms with Gasteiger partial charge in [-0.25, -0.2) is 5.10 Å². The molecule has 0 spiro atoms. The van der Waals surface area contributed by atoms with Gasteiger partial charge >= 0.3 is 0 Å². The van der Waals surface area contributed by atoms with Crippen molar-refractivity contribution in [2.24, 2.45) is 0 Å². The summed E-state index contributed by atoms with van der Waals surface area (Å²) in [5.41, 5.74) is 2.97. The molecule has 0 radical (unpaired) electrons. The lowest BCUT2D eigenvalue weighted by molar-refractivity contribution is 0.340. The number of aromatic amines is 1. The van der Waals surface area contributed by atoms with E-state index in [1.54, 1.807) is 16.8 Å². The number of tetrazole rings is 1. The van der Waals surface area contributed by atoms with Crippen LogP contribution in [0, 0.1) is 0 Å². The standard InChI is InChI=1S/C20H16ClN7O2/c1-2-30-14-9-5-12(6-10-14)18-15-16(11-3-7-13(21)8-4-11)23-24-19(29)17(15)22-20-25-26-27-28(18)20/h3-10,18H,2H2,1H3,(H,24,29)(H,22,25,27). The fraction of sp³-hybridized carbons (Fsp3) is 0.150. The van der Waals surface area contributed by atoms with Crippen LogP contribution in [0.15, 0.2) is 53.3 Å². The van der Waals surface area contributed by atoms with E-state index in [1.807, 2.05) is 43.3 Å². The van der Waals surface area contributed by atoms with Crippen molar-refractivity contribution in [3.05, 3.63) is 75.0 Å². The number of anilines is 2. The summed E-state index contributed by atoms with van der Waals surface area (Å²) in [6, 6.07) is 14.4. The lowest BCUT2D eigenvalue weighted by atomic mass is 9.92. The van der Waals surface area contributed by atoms with Gasteiger partial charge in [0.2, 0.25) is 5.95 Å². The van der Waals surface area contributed by atoms with Crippen LogP contribution in [0.5, 0.6) is 5.75 Å². The van der Waals surface area contributed by atoms with Gasteiger partial charge in [-0.05, 0) is 47.2 Å². The molecule has 1 aliphatic heterocycles. The Balaban J connectivity index is 1.74. The Morgan fingerprint density at radius 1 is 1.13 bits per heavy atom. The molecule has 1 aliphatic rings. The molecule has 0 saturated heterocycles. The van der Waals surface area contributed by atoms with Crippen LogP contribution < -0.4 is 15.6 Å². The highest BCUT2D eigenvalue weighted by Gasteiger charge is 2.34. The molecule has 150 valence electrons. The van der Waals surface area contributed by atoms with Gasteiger partial charge < -0.3 is 10.1 Å². The lowest BCUT2D eigenvalue weighted by Crippen LogP contribution is -2.29. The van der Waals surface area contributed by atoms with E-state index < -0.39 is 6.04 Å². The fourth-order valence-corrected chi connectivity index (χ4v) is 3.71. The zero-order chi connectivity index (χ0) is 20.7. The van der Waals surface area contributed by atoms with Crippen molar-refractivity contribution in [3.63, 3.8) is 0 Å². The van der Waals surface area contributed by atoms with Crippen LogP contribution in [0.25, 0.3) is 11.3 Å². The normalized spacial score (nSPS) is 14.5. The maximum absolute atomic E-state index is 12.6. The van der Waals surface area contributed by atoms with Crippen LogP contribution in [0.2, 0.25) is 5.02 Å². The third kappa shape index (κ3) is 3.00. The highest BCUT2D eigenvalue weighted by molar-refractivity contribution is 6.30. The largest absolute Gasteiger partial charge is 0.494 e. The van der Waals surface area contributed by atoms with E-state index in [9.17, 15) is 4.79 Å². The maximum Gasteiger partial charge on any atom is 0.288 e. The average Bonchev–Trinajstić information content (AvgIpc) is 3.23. The molecule has 1 atom stereocenters. The van der Waals surface area contributed by atoms with Crippen LogP contribution in [-0.4, -0.2) is 37.0 Å². The number of nitrogens with one attached hydrogen (secondary N) is 2. The number of nitrogens with zero attached hydrogens (tertiary/aromatic N) is 5. The molecule has 5 rings (SSSR count). The number of aromatic nitrogens is 6. The number of benzene rings is 2. The van der Waals surface area contributed by atoms with Crippen molar-refractivity contribution in [2.45, 2.75) is 13.0 Å². The van der Waals surface area contributed by atoms with Crippen molar-refractivity contribution in [3.8, 4) is 17.0 Å². The molecular formula is C20H16ClN7O2.